The van der Waals surface area contributed by atoms with Gasteiger partial charge in [-0.3, -0.25) is 9.59 Å². The molecule has 1 aliphatic rings. The summed E-state index contributed by atoms with van der Waals surface area (Å²) in [6, 6.07) is 9.99. The molecule has 0 saturated carbocycles. The van der Waals surface area contributed by atoms with Gasteiger partial charge in [0.05, 0.1) is 37.4 Å². The predicted molar refractivity (Wildman–Crippen MR) is 102 cm³/mol. The first-order valence-electron chi connectivity index (χ1n) is 7.37. The van der Waals surface area contributed by atoms with Crippen LogP contribution < -0.4 is 10.2 Å². The second-order valence-corrected chi connectivity index (χ2v) is 7.14. The third-order valence-electron chi connectivity index (χ3n) is 3.93. The molecule has 4 nitrogen and oxygen atoms in total. The van der Waals surface area contributed by atoms with E-state index in [1.165, 1.54) is 4.90 Å². The summed E-state index contributed by atoms with van der Waals surface area (Å²) >= 11 is 24.2. The summed E-state index contributed by atoms with van der Waals surface area (Å²) in [5.74, 6) is -1.03. The number of amides is 2. The van der Waals surface area contributed by atoms with E-state index in [4.69, 9.17) is 46.4 Å². The van der Waals surface area contributed by atoms with Gasteiger partial charge in [0.15, 0.2) is 0 Å². The van der Waals surface area contributed by atoms with E-state index in [-0.39, 0.29) is 34.8 Å². The van der Waals surface area contributed by atoms with E-state index in [1.54, 1.807) is 36.4 Å². The molecule has 0 radical (unpaired) electrons. The maximum absolute atomic E-state index is 12.5. The molecule has 2 aromatic rings. The van der Waals surface area contributed by atoms with Crippen LogP contribution in [0, 0.1) is 5.92 Å². The van der Waals surface area contributed by atoms with Crippen molar-refractivity contribution in [1.29, 1.82) is 0 Å². The minimum absolute atomic E-state index is 0.0763. The van der Waals surface area contributed by atoms with Gasteiger partial charge in [0.25, 0.3) is 0 Å². The molecule has 0 bridgehead atoms. The quantitative estimate of drug-likeness (QED) is 0.737. The third kappa shape index (κ3) is 3.72. The van der Waals surface area contributed by atoms with Crippen molar-refractivity contribution in [3.63, 3.8) is 0 Å². The van der Waals surface area contributed by atoms with Gasteiger partial charge in [0.1, 0.15) is 0 Å². The van der Waals surface area contributed by atoms with Crippen molar-refractivity contribution in [2.45, 2.75) is 6.42 Å². The summed E-state index contributed by atoms with van der Waals surface area (Å²) < 4.78 is 0. The molecule has 0 unspecified atom stereocenters. The lowest BCUT2D eigenvalue weighted by Crippen LogP contribution is -2.28. The van der Waals surface area contributed by atoms with E-state index in [0.29, 0.717) is 21.4 Å². The normalized spacial score (nSPS) is 17.0. The molecule has 2 amide bonds. The van der Waals surface area contributed by atoms with Crippen LogP contribution in [0.25, 0.3) is 0 Å². The first-order valence-corrected chi connectivity index (χ1v) is 8.89. The molecule has 2 aromatic carbocycles. The lowest BCUT2D eigenvalue weighted by atomic mass is 10.1. The lowest BCUT2D eigenvalue weighted by molar-refractivity contribution is -0.122. The highest BCUT2D eigenvalue weighted by Gasteiger charge is 2.36. The molecule has 0 aliphatic carbocycles. The molecular weight excluding hydrogens is 406 g/mol. The van der Waals surface area contributed by atoms with E-state index in [2.05, 4.69) is 5.32 Å². The maximum Gasteiger partial charge on any atom is 0.229 e. The number of halogens is 4. The Kier molecular flexibility index (Phi) is 5.44. The van der Waals surface area contributed by atoms with Crippen molar-refractivity contribution in [1.82, 2.24) is 0 Å². The zero-order valence-corrected chi connectivity index (χ0v) is 15.8. The third-order valence-corrected chi connectivity index (χ3v) is 5.56. The number of hydrogen-bond donors (Lipinski definition) is 1. The van der Waals surface area contributed by atoms with Crippen molar-refractivity contribution >= 4 is 69.6 Å². The zero-order chi connectivity index (χ0) is 18.1. The molecule has 0 aromatic heterocycles. The Morgan fingerprint density at radius 3 is 2.36 bits per heavy atom. The fourth-order valence-corrected chi connectivity index (χ4v) is 3.40. The second-order valence-electron chi connectivity index (χ2n) is 5.57. The van der Waals surface area contributed by atoms with Crippen molar-refractivity contribution in [3.05, 3.63) is 56.5 Å². The van der Waals surface area contributed by atoms with Crippen LogP contribution >= 0.6 is 46.4 Å². The Balaban J connectivity index is 1.77. The number of hydrogen-bond acceptors (Lipinski definition) is 2. The van der Waals surface area contributed by atoms with Gasteiger partial charge in [-0.2, -0.15) is 0 Å². The number of anilines is 2. The molecule has 0 spiro atoms. The van der Waals surface area contributed by atoms with Crippen LogP contribution in [0.2, 0.25) is 20.1 Å². The highest BCUT2D eigenvalue weighted by atomic mass is 35.5. The molecular formula is C17H12Cl4N2O2. The number of carbonyl (C=O) groups is 2. The van der Waals surface area contributed by atoms with Gasteiger partial charge in [0.2, 0.25) is 11.8 Å². The summed E-state index contributed by atoms with van der Waals surface area (Å²) in [6.45, 7) is 0.211. The summed E-state index contributed by atoms with van der Waals surface area (Å²) in [4.78, 5) is 26.3. The maximum atomic E-state index is 12.5. The first-order chi connectivity index (χ1) is 11.9. The molecule has 25 heavy (non-hydrogen) atoms. The average molecular weight is 418 g/mol. The molecule has 3 rings (SSSR count). The molecule has 1 aliphatic heterocycles. The minimum Gasteiger partial charge on any atom is -0.324 e. The van der Waals surface area contributed by atoms with E-state index < -0.39 is 5.92 Å². The van der Waals surface area contributed by atoms with Gasteiger partial charge >= 0.3 is 0 Å². The smallest absolute Gasteiger partial charge is 0.229 e. The zero-order valence-electron chi connectivity index (χ0n) is 12.7. The van der Waals surface area contributed by atoms with Gasteiger partial charge in [-0.05, 0) is 24.3 Å². The van der Waals surface area contributed by atoms with Crippen LogP contribution in [0.3, 0.4) is 0 Å². The van der Waals surface area contributed by atoms with Crippen molar-refractivity contribution in [3.8, 4) is 0 Å². The molecule has 1 fully saturated rings. The van der Waals surface area contributed by atoms with Crippen LogP contribution in [0.15, 0.2) is 36.4 Å². The molecule has 1 heterocycles. The van der Waals surface area contributed by atoms with Crippen molar-refractivity contribution in [2.24, 2.45) is 5.92 Å². The largest absolute Gasteiger partial charge is 0.324 e. The van der Waals surface area contributed by atoms with Crippen LogP contribution in [0.5, 0.6) is 0 Å². The SMILES string of the molecule is O=C(Nc1cccc(Cl)c1Cl)[C@@H]1CC(=O)N(c2cccc(Cl)c2Cl)C1. The van der Waals surface area contributed by atoms with Gasteiger partial charge in [-0.15, -0.1) is 0 Å². The molecule has 8 heteroatoms. The molecule has 130 valence electrons. The highest BCUT2D eigenvalue weighted by molar-refractivity contribution is 6.44. The van der Waals surface area contributed by atoms with Crippen LogP contribution in [-0.2, 0) is 9.59 Å². The second kappa shape index (κ2) is 7.42. The molecule has 1 N–H and O–H groups in total. The van der Waals surface area contributed by atoms with E-state index in [1.807, 2.05) is 0 Å². The lowest BCUT2D eigenvalue weighted by Gasteiger charge is -2.18. The summed E-state index contributed by atoms with van der Waals surface area (Å²) in [7, 11) is 0. The number of nitrogens with one attached hydrogen (secondary N) is 1. The standard InChI is InChI=1S/C17H12Cl4N2O2/c18-10-3-1-5-12(15(10)20)22-17(25)9-7-14(24)23(8-9)13-6-2-4-11(19)16(13)21/h1-6,9H,7-8H2,(H,22,25)/t9-/m1/s1. The summed E-state index contributed by atoms with van der Waals surface area (Å²) in [5, 5.41) is 3.96. The van der Waals surface area contributed by atoms with Gasteiger partial charge in [-0.25, -0.2) is 0 Å². The van der Waals surface area contributed by atoms with Crippen LogP contribution in [0.1, 0.15) is 6.42 Å². The van der Waals surface area contributed by atoms with Crippen LogP contribution in [0.4, 0.5) is 11.4 Å². The Morgan fingerprint density at radius 2 is 1.64 bits per heavy atom. The highest BCUT2D eigenvalue weighted by Crippen LogP contribution is 2.36. The monoisotopic (exact) mass is 416 g/mol. The Hall–Kier alpha value is -1.46. The average Bonchev–Trinajstić information content (AvgIpc) is 2.96. The van der Waals surface area contributed by atoms with Gasteiger partial charge in [-0.1, -0.05) is 58.5 Å². The van der Waals surface area contributed by atoms with Gasteiger partial charge in [0, 0.05) is 13.0 Å². The van der Waals surface area contributed by atoms with E-state index in [9.17, 15) is 9.59 Å². The summed E-state index contributed by atoms with van der Waals surface area (Å²) in [6.07, 6.45) is 0.0763. The minimum atomic E-state index is -0.530. The topological polar surface area (TPSA) is 49.4 Å². The van der Waals surface area contributed by atoms with Crippen molar-refractivity contribution in [2.75, 3.05) is 16.8 Å². The number of carbonyl (C=O) groups excluding carboxylic acids is 2. The fourth-order valence-electron chi connectivity index (χ4n) is 2.65. The predicted octanol–water partition coefficient (Wildman–Crippen LogP) is 5.29. The first kappa shape index (κ1) is 18.3. The number of rotatable bonds is 3. The Bertz CT molecular complexity index is 857. The Morgan fingerprint density at radius 1 is 1.00 bits per heavy atom. The van der Waals surface area contributed by atoms with Crippen molar-refractivity contribution < 1.29 is 9.59 Å². The fraction of sp³-hybridized carbons (Fsp3) is 0.176. The molecule has 1 saturated heterocycles. The number of nitrogens with zero attached hydrogens (tertiary/aromatic N) is 1. The van der Waals surface area contributed by atoms with E-state index in [0.717, 1.165) is 0 Å². The summed E-state index contributed by atoms with van der Waals surface area (Å²) in [5.41, 5.74) is 0.904. The van der Waals surface area contributed by atoms with Gasteiger partial charge < -0.3 is 10.2 Å². The van der Waals surface area contributed by atoms with Crippen LogP contribution in [-0.4, -0.2) is 18.4 Å². The van der Waals surface area contributed by atoms with E-state index >= 15 is 0 Å². The Labute approximate surface area is 164 Å². The number of benzene rings is 2. The molecule has 1 atom stereocenters.